The highest BCUT2D eigenvalue weighted by Gasteiger charge is 2.68. The second-order valence-electron chi connectivity index (χ2n) is 16.4. The molecule has 0 saturated heterocycles. The van der Waals surface area contributed by atoms with E-state index in [1.54, 1.807) is 5.57 Å². The second kappa shape index (κ2) is 7.41. The highest BCUT2D eigenvalue weighted by molar-refractivity contribution is 5.79. The van der Waals surface area contributed by atoms with Gasteiger partial charge in [-0.25, -0.2) is 9.97 Å². The van der Waals surface area contributed by atoms with Crippen LogP contribution in [0.4, 0.5) is 0 Å². The number of para-hydroxylation sites is 2. The average Bonchev–Trinajstić information content (AvgIpc) is 2.86. The maximum absolute atomic E-state index is 5.20. The van der Waals surface area contributed by atoms with E-state index in [2.05, 4.69) is 91.8 Å². The van der Waals surface area contributed by atoms with E-state index in [1.807, 2.05) is 0 Å². The predicted molar refractivity (Wildman–Crippen MR) is 159 cm³/mol. The Morgan fingerprint density at radius 1 is 0.684 bits per heavy atom. The van der Waals surface area contributed by atoms with Gasteiger partial charge in [0.2, 0.25) is 0 Å². The summed E-state index contributed by atoms with van der Waals surface area (Å²) < 4.78 is 0. The van der Waals surface area contributed by atoms with Crippen LogP contribution >= 0.6 is 0 Å². The molecule has 1 heterocycles. The first-order chi connectivity index (χ1) is 17.7. The number of hydrogen-bond donors (Lipinski definition) is 0. The van der Waals surface area contributed by atoms with Gasteiger partial charge in [-0.1, -0.05) is 73.6 Å². The smallest absolute Gasteiger partial charge is 0.0894 e. The Labute approximate surface area is 230 Å². The molecule has 3 saturated carbocycles. The normalized spacial score (nSPS) is 42.5. The van der Waals surface area contributed by atoms with Gasteiger partial charge in [-0.3, -0.25) is 0 Å². The summed E-state index contributed by atoms with van der Waals surface area (Å²) in [7, 11) is 0. The number of aromatic nitrogens is 2. The molecule has 0 radical (unpaired) electrons. The fourth-order valence-corrected chi connectivity index (χ4v) is 10.8. The molecule has 7 rings (SSSR count). The molecule has 0 unspecified atom stereocenters. The number of benzene rings is 1. The monoisotopic (exact) mass is 508 g/mol. The summed E-state index contributed by atoms with van der Waals surface area (Å²) in [5.74, 6) is 1.52. The molecule has 2 heteroatoms. The molecule has 2 nitrogen and oxygen atoms in total. The molecule has 202 valence electrons. The molecule has 1 aromatic heterocycles. The number of allylic oxidation sites excluding steroid dienone is 3. The quantitative estimate of drug-likeness (QED) is 0.354. The van der Waals surface area contributed by atoms with Gasteiger partial charge in [0, 0.05) is 5.41 Å². The van der Waals surface area contributed by atoms with Crippen LogP contribution < -0.4 is 0 Å². The van der Waals surface area contributed by atoms with Crippen LogP contribution in [0.3, 0.4) is 0 Å². The second-order valence-corrected chi connectivity index (χ2v) is 16.4. The number of rotatable bonds is 0. The zero-order valence-electron chi connectivity index (χ0n) is 25.2. The SMILES string of the molecule is CC1(C)CC[C@]2(C)CC[C@]3(C)[C@H]4CC=C5C(=Cc6nc7ccccc7nc6C5(C)C)[C@]4(C)CC[C@@]3(C)[C@@H]2C1. The zero-order valence-corrected chi connectivity index (χ0v) is 25.2. The van der Waals surface area contributed by atoms with Crippen LogP contribution in [0.25, 0.3) is 17.1 Å². The molecular weight excluding hydrogens is 460 g/mol. The number of hydrogen-bond acceptors (Lipinski definition) is 2. The highest BCUT2D eigenvalue weighted by atomic mass is 14.9. The van der Waals surface area contributed by atoms with Crippen molar-refractivity contribution in [1.29, 1.82) is 0 Å². The molecule has 0 aliphatic heterocycles. The maximum Gasteiger partial charge on any atom is 0.0894 e. The molecule has 0 bridgehead atoms. The van der Waals surface area contributed by atoms with Gasteiger partial charge < -0.3 is 0 Å². The molecule has 38 heavy (non-hydrogen) atoms. The Morgan fingerprint density at radius 3 is 2.05 bits per heavy atom. The van der Waals surface area contributed by atoms with E-state index in [9.17, 15) is 0 Å². The molecular formula is C36H48N2. The van der Waals surface area contributed by atoms with Crippen molar-refractivity contribution in [1.82, 2.24) is 9.97 Å². The minimum atomic E-state index is -0.120. The van der Waals surface area contributed by atoms with Crippen molar-refractivity contribution < 1.29 is 0 Å². The van der Waals surface area contributed by atoms with E-state index in [0.29, 0.717) is 27.6 Å². The van der Waals surface area contributed by atoms with Crippen LogP contribution in [0, 0.1) is 38.9 Å². The molecule has 2 aromatic rings. The van der Waals surface area contributed by atoms with Crippen LogP contribution in [-0.2, 0) is 5.41 Å². The third-order valence-corrected chi connectivity index (χ3v) is 13.6. The molecule has 0 N–H and O–H groups in total. The molecule has 0 amide bonds. The van der Waals surface area contributed by atoms with Gasteiger partial charge >= 0.3 is 0 Å². The average molecular weight is 509 g/mol. The van der Waals surface area contributed by atoms with Crippen molar-refractivity contribution in [3.05, 3.63) is 52.9 Å². The van der Waals surface area contributed by atoms with Crippen molar-refractivity contribution in [2.45, 2.75) is 112 Å². The van der Waals surface area contributed by atoms with E-state index in [0.717, 1.165) is 28.3 Å². The summed E-state index contributed by atoms with van der Waals surface area (Å²) in [4.78, 5) is 10.4. The van der Waals surface area contributed by atoms with E-state index in [-0.39, 0.29) is 10.8 Å². The number of fused-ring (bicyclic) bond motifs is 9. The van der Waals surface area contributed by atoms with Gasteiger partial charge in [-0.15, -0.1) is 0 Å². The first kappa shape index (κ1) is 25.0. The summed E-state index contributed by atoms with van der Waals surface area (Å²) in [6.07, 6.45) is 16.0. The molecule has 0 spiro atoms. The zero-order chi connectivity index (χ0) is 26.9. The lowest BCUT2D eigenvalue weighted by Gasteiger charge is -2.72. The summed E-state index contributed by atoms with van der Waals surface area (Å²) in [6, 6.07) is 8.38. The first-order valence-corrected chi connectivity index (χ1v) is 15.4. The minimum absolute atomic E-state index is 0.120. The first-order valence-electron chi connectivity index (χ1n) is 15.4. The summed E-state index contributed by atoms with van der Waals surface area (Å²) in [6.45, 7) is 20.6. The molecule has 6 atom stereocenters. The van der Waals surface area contributed by atoms with Crippen LogP contribution in [0.5, 0.6) is 0 Å². The Kier molecular flexibility index (Phi) is 4.88. The Hall–Kier alpha value is -1.96. The van der Waals surface area contributed by atoms with Crippen LogP contribution in [0.1, 0.15) is 118 Å². The maximum atomic E-state index is 5.20. The topological polar surface area (TPSA) is 25.8 Å². The van der Waals surface area contributed by atoms with Gasteiger partial charge in [-0.05, 0) is 120 Å². The third-order valence-electron chi connectivity index (χ3n) is 13.6. The van der Waals surface area contributed by atoms with E-state index < -0.39 is 0 Å². The molecule has 1 aromatic carbocycles. The fraction of sp³-hybridized carbons (Fsp3) is 0.667. The lowest BCUT2D eigenvalue weighted by Crippen LogP contribution is -2.64. The highest BCUT2D eigenvalue weighted by Crippen LogP contribution is 2.76. The Balaban J connectivity index is 1.36. The molecule has 5 aliphatic rings. The fourth-order valence-electron chi connectivity index (χ4n) is 10.8. The van der Waals surface area contributed by atoms with Crippen molar-refractivity contribution in [2.24, 2.45) is 38.9 Å². The number of nitrogens with zero attached hydrogens (tertiary/aromatic N) is 2. The standard InChI is InChI=1S/C36H48N2/c1-31(2)15-16-33(5)17-19-35(7)28-14-13-23-24(34(28,6)18-20-36(35,8)29(33)22-31)21-27-30(32(23,3)4)38-26-12-10-9-11-25(26)37-27/h9-13,21,28-29H,14-20,22H2,1-8H3/t28-,29+,33+,34-,35+,36-/m0/s1. The van der Waals surface area contributed by atoms with E-state index in [1.165, 1.54) is 56.9 Å². The summed E-state index contributed by atoms with van der Waals surface area (Å²) >= 11 is 0. The summed E-state index contributed by atoms with van der Waals surface area (Å²) in [5.41, 5.74) is 9.23. The van der Waals surface area contributed by atoms with Gasteiger partial charge in [0.1, 0.15) is 0 Å². The van der Waals surface area contributed by atoms with Crippen LogP contribution in [-0.4, -0.2) is 9.97 Å². The van der Waals surface area contributed by atoms with Gasteiger partial charge in [0.05, 0.1) is 22.4 Å². The molecule has 5 aliphatic carbocycles. The third kappa shape index (κ3) is 3.01. The molecule has 3 fully saturated rings. The van der Waals surface area contributed by atoms with Crippen molar-refractivity contribution in [2.75, 3.05) is 0 Å². The van der Waals surface area contributed by atoms with Gasteiger partial charge in [0.25, 0.3) is 0 Å². The summed E-state index contributed by atoms with van der Waals surface area (Å²) in [5, 5.41) is 0. The van der Waals surface area contributed by atoms with Crippen molar-refractivity contribution in [3.63, 3.8) is 0 Å². The Morgan fingerprint density at radius 2 is 1.32 bits per heavy atom. The van der Waals surface area contributed by atoms with Crippen LogP contribution in [0.2, 0.25) is 0 Å². The predicted octanol–water partition coefficient (Wildman–Crippen LogP) is 9.69. The van der Waals surface area contributed by atoms with Crippen molar-refractivity contribution >= 4 is 17.1 Å². The van der Waals surface area contributed by atoms with E-state index in [4.69, 9.17) is 9.97 Å². The minimum Gasteiger partial charge on any atom is -0.248 e. The van der Waals surface area contributed by atoms with Gasteiger partial charge in [0.15, 0.2) is 0 Å². The van der Waals surface area contributed by atoms with Crippen LogP contribution in [0.15, 0.2) is 41.5 Å². The van der Waals surface area contributed by atoms with Crippen molar-refractivity contribution in [3.8, 4) is 0 Å². The largest absolute Gasteiger partial charge is 0.248 e. The van der Waals surface area contributed by atoms with Gasteiger partial charge in [-0.2, -0.15) is 0 Å². The lowest BCUT2D eigenvalue weighted by atomic mass is 9.32. The van der Waals surface area contributed by atoms with E-state index >= 15 is 0 Å². The lowest BCUT2D eigenvalue weighted by molar-refractivity contribution is -0.214. The Bertz CT molecular complexity index is 1410.